The smallest absolute Gasteiger partial charge is 0.291 e. The van der Waals surface area contributed by atoms with Crippen molar-refractivity contribution in [2.75, 3.05) is 5.32 Å². The van der Waals surface area contributed by atoms with Gasteiger partial charge in [-0.15, -0.1) is 0 Å². The molecule has 0 aliphatic rings. The fourth-order valence-electron chi connectivity index (χ4n) is 2.42. The Balaban J connectivity index is 2.02. The molecule has 0 radical (unpaired) electrons. The summed E-state index contributed by atoms with van der Waals surface area (Å²) < 4.78 is 37.9. The minimum atomic E-state index is -2.57. The molecule has 8 heteroatoms. The zero-order valence-electron chi connectivity index (χ0n) is 14.1. The first-order chi connectivity index (χ1) is 11.8. The third-order valence-corrected chi connectivity index (χ3v) is 4.23. The van der Waals surface area contributed by atoms with Gasteiger partial charge in [0.15, 0.2) is 5.16 Å². The van der Waals surface area contributed by atoms with Gasteiger partial charge in [0, 0.05) is 23.5 Å². The number of amides is 1. The van der Waals surface area contributed by atoms with E-state index < -0.39 is 5.76 Å². The maximum absolute atomic E-state index is 13.1. The van der Waals surface area contributed by atoms with Gasteiger partial charge in [0.25, 0.3) is 5.76 Å². The van der Waals surface area contributed by atoms with E-state index in [1.54, 1.807) is 20.8 Å². The molecule has 0 unspecified atom stereocenters. The number of benzene rings is 1. The number of aryl methyl sites for hydroxylation is 3. The molecule has 0 fully saturated rings. The summed E-state index contributed by atoms with van der Waals surface area (Å²) in [5, 5.41) is 2.76. The van der Waals surface area contributed by atoms with Gasteiger partial charge in [-0.3, -0.25) is 4.79 Å². The highest BCUT2D eigenvalue weighted by atomic mass is 32.2. The van der Waals surface area contributed by atoms with E-state index in [-0.39, 0.29) is 23.3 Å². The van der Waals surface area contributed by atoms with Gasteiger partial charge in [-0.2, -0.15) is 8.78 Å². The van der Waals surface area contributed by atoms with Crippen LogP contribution in [0.4, 0.5) is 18.9 Å². The standard InChI is InChI=1S/C17H18F3N3OS/c1-9-8-12(18)4-6-14(9)23-15(24)7-5-13-10(2)21-17(22-11(13)3)25-16(19)20/h4,6,8,16H,5,7H2,1-3H3,(H,23,24). The van der Waals surface area contributed by atoms with Gasteiger partial charge in [0.05, 0.1) is 0 Å². The van der Waals surface area contributed by atoms with E-state index in [1.807, 2.05) is 0 Å². The molecule has 2 rings (SSSR count). The SMILES string of the molecule is Cc1cc(F)ccc1NC(=O)CCc1c(C)nc(SC(F)F)nc1C. The van der Waals surface area contributed by atoms with Crippen molar-refractivity contribution in [2.45, 2.75) is 44.5 Å². The number of carbonyl (C=O) groups excluding carboxylic acids is 1. The van der Waals surface area contributed by atoms with Crippen LogP contribution < -0.4 is 5.32 Å². The molecule has 0 bridgehead atoms. The van der Waals surface area contributed by atoms with Crippen LogP contribution in [0.25, 0.3) is 0 Å². The summed E-state index contributed by atoms with van der Waals surface area (Å²) >= 11 is 0.299. The van der Waals surface area contributed by atoms with Gasteiger partial charge in [-0.25, -0.2) is 14.4 Å². The zero-order chi connectivity index (χ0) is 18.6. The molecular weight excluding hydrogens is 351 g/mol. The monoisotopic (exact) mass is 369 g/mol. The van der Waals surface area contributed by atoms with Crippen molar-refractivity contribution >= 4 is 23.4 Å². The Morgan fingerprint density at radius 3 is 2.40 bits per heavy atom. The lowest BCUT2D eigenvalue weighted by molar-refractivity contribution is -0.116. The Kier molecular flexibility index (Phi) is 6.41. The molecular formula is C17H18F3N3OS. The van der Waals surface area contributed by atoms with Crippen LogP contribution in [0.2, 0.25) is 0 Å². The van der Waals surface area contributed by atoms with Crippen LogP contribution in [0, 0.1) is 26.6 Å². The van der Waals surface area contributed by atoms with Crippen LogP contribution in [0.5, 0.6) is 0 Å². The second-order valence-electron chi connectivity index (χ2n) is 5.54. The molecule has 2 aromatic rings. The van der Waals surface area contributed by atoms with Crippen molar-refractivity contribution < 1.29 is 18.0 Å². The number of nitrogens with zero attached hydrogens (tertiary/aromatic N) is 2. The molecule has 134 valence electrons. The third-order valence-electron chi connectivity index (χ3n) is 3.66. The topological polar surface area (TPSA) is 54.9 Å². The van der Waals surface area contributed by atoms with Crippen molar-refractivity contribution in [1.29, 1.82) is 0 Å². The molecule has 0 atom stereocenters. The Hall–Kier alpha value is -2.09. The lowest BCUT2D eigenvalue weighted by atomic mass is 10.1. The number of aromatic nitrogens is 2. The molecule has 0 saturated heterocycles. The van der Waals surface area contributed by atoms with Crippen LogP contribution in [-0.4, -0.2) is 21.6 Å². The molecule has 0 aliphatic heterocycles. The van der Waals surface area contributed by atoms with Crippen molar-refractivity contribution in [2.24, 2.45) is 0 Å². The second kappa shape index (κ2) is 8.33. The lowest BCUT2D eigenvalue weighted by Gasteiger charge is -2.11. The average Bonchev–Trinajstić information content (AvgIpc) is 2.48. The Labute approximate surface area is 148 Å². The number of nitrogens with one attached hydrogen (secondary N) is 1. The van der Waals surface area contributed by atoms with Crippen molar-refractivity contribution in [3.8, 4) is 0 Å². The first-order valence-corrected chi connectivity index (χ1v) is 8.49. The number of alkyl halides is 2. The minimum absolute atomic E-state index is 0.0279. The maximum Gasteiger partial charge on any atom is 0.291 e. The first-order valence-electron chi connectivity index (χ1n) is 7.61. The molecule has 1 aromatic heterocycles. The van der Waals surface area contributed by atoms with Crippen molar-refractivity contribution in [1.82, 2.24) is 9.97 Å². The van der Waals surface area contributed by atoms with Crippen LogP contribution in [-0.2, 0) is 11.2 Å². The quantitative estimate of drug-likeness (QED) is 0.605. The summed E-state index contributed by atoms with van der Waals surface area (Å²) in [4.78, 5) is 20.2. The van der Waals surface area contributed by atoms with E-state index >= 15 is 0 Å². The average molecular weight is 369 g/mol. The molecule has 0 saturated carbocycles. The fourth-order valence-corrected chi connectivity index (χ4v) is 2.96. The molecule has 0 spiro atoms. The van der Waals surface area contributed by atoms with E-state index in [1.165, 1.54) is 18.2 Å². The number of anilines is 1. The summed E-state index contributed by atoms with van der Waals surface area (Å²) in [5.41, 5.74) is 3.13. The fraction of sp³-hybridized carbons (Fsp3) is 0.353. The summed E-state index contributed by atoms with van der Waals surface area (Å²) in [6.07, 6.45) is 0.576. The number of hydrogen-bond acceptors (Lipinski definition) is 4. The summed E-state index contributed by atoms with van der Waals surface area (Å²) in [7, 11) is 0. The van der Waals surface area contributed by atoms with Gasteiger partial charge < -0.3 is 5.32 Å². The molecule has 1 aromatic carbocycles. The summed E-state index contributed by atoms with van der Waals surface area (Å²) in [6.45, 7) is 5.13. The van der Waals surface area contributed by atoms with Crippen molar-refractivity contribution in [3.63, 3.8) is 0 Å². The molecule has 4 nitrogen and oxygen atoms in total. The lowest BCUT2D eigenvalue weighted by Crippen LogP contribution is -2.14. The highest BCUT2D eigenvalue weighted by Gasteiger charge is 2.14. The van der Waals surface area contributed by atoms with Crippen LogP contribution in [0.3, 0.4) is 0 Å². The Bertz CT molecular complexity index is 761. The number of halogens is 3. The second-order valence-corrected chi connectivity index (χ2v) is 6.50. The predicted molar refractivity (Wildman–Crippen MR) is 91.5 cm³/mol. The van der Waals surface area contributed by atoms with E-state index in [9.17, 15) is 18.0 Å². The molecule has 0 aliphatic carbocycles. The van der Waals surface area contributed by atoms with Gasteiger partial charge in [0.2, 0.25) is 5.91 Å². The maximum atomic E-state index is 13.1. The summed E-state index contributed by atoms with van der Waals surface area (Å²) in [6, 6.07) is 4.14. The minimum Gasteiger partial charge on any atom is -0.326 e. The van der Waals surface area contributed by atoms with Crippen LogP contribution in [0.15, 0.2) is 23.4 Å². The van der Waals surface area contributed by atoms with E-state index in [2.05, 4.69) is 15.3 Å². The zero-order valence-corrected chi connectivity index (χ0v) is 14.9. The number of thioether (sulfide) groups is 1. The highest BCUT2D eigenvalue weighted by molar-refractivity contribution is 7.99. The molecule has 1 amide bonds. The number of hydrogen-bond donors (Lipinski definition) is 1. The normalized spacial score (nSPS) is 11.0. The predicted octanol–water partition coefficient (Wildman–Crippen LogP) is 4.43. The van der Waals surface area contributed by atoms with Crippen LogP contribution in [0.1, 0.15) is 28.9 Å². The first kappa shape index (κ1) is 19.2. The Morgan fingerprint density at radius 1 is 1.20 bits per heavy atom. The molecule has 1 N–H and O–H groups in total. The van der Waals surface area contributed by atoms with E-state index in [4.69, 9.17) is 0 Å². The van der Waals surface area contributed by atoms with Crippen molar-refractivity contribution in [3.05, 3.63) is 46.5 Å². The Morgan fingerprint density at radius 2 is 1.84 bits per heavy atom. The number of rotatable bonds is 6. The number of carbonyl (C=O) groups is 1. The highest BCUT2D eigenvalue weighted by Crippen LogP contribution is 2.24. The summed E-state index contributed by atoms with van der Waals surface area (Å²) in [5.74, 6) is -3.16. The molecule has 25 heavy (non-hydrogen) atoms. The van der Waals surface area contributed by atoms with Gasteiger partial charge in [-0.05, 0) is 68.3 Å². The van der Waals surface area contributed by atoms with Crippen LogP contribution >= 0.6 is 11.8 Å². The molecule has 1 heterocycles. The van der Waals surface area contributed by atoms with Gasteiger partial charge in [0.1, 0.15) is 5.82 Å². The van der Waals surface area contributed by atoms with E-state index in [0.717, 1.165) is 5.56 Å². The van der Waals surface area contributed by atoms with Gasteiger partial charge in [-0.1, -0.05) is 0 Å². The van der Waals surface area contributed by atoms with E-state index in [0.29, 0.717) is 40.8 Å². The third kappa shape index (κ3) is 5.45. The largest absolute Gasteiger partial charge is 0.326 e. The van der Waals surface area contributed by atoms with Gasteiger partial charge >= 0.3 is 0 Å².